The van der Waals surface area contributed by atoms with Crippen LogP contribution in [0.3, 0.4) is 0 Å². The lowest BCUT2D eigenvalue weighted by molar-refractivity contribution is 0.335. The Morgan fingerprint density at radius 1 is 1.28 bits per heavy atom. The molecule has 1 aromatic carbocycles. The summed E-state index contributed by atoms with van der Waals surface area (Å²) in [5.41, 5.74) is 7.07. The smallest absolute Gasteiger partial charge is 0.124 e. The van der Waals surface area contributed by atoms with E-state index in [1.165, 1.54) is 0 Å². The molecule has 102 valence electrons. The van der Waals surface area contributed by atoms with Gasteiger partial charge in [-0.1, -0.05) is 32.0 Å². The number of hydrogen-bond donors (Lipinski definition) is 1. The van der Waals surface area contributed by atoms with E-state index in [4.69, 9.17) is 10.5 Å². The van der Waals surface area contributed by atoms with Crippen molar-refractivity contribution in [1.29, 1.82) is 0 Å². The second-order valence-electron chi connectivity index (χ2n) is 4.74. The minimum Gasteiger partial charge on any atom is -0.494 e. The topological polar surface area (TPSA) is 52.3 Å². The maximum Gasteiger partial charge on any atom is 0.124 e. The van der Waals surface area contributed by atoms with Crippen molar-refractivity contribution in [1.82, 2.24) is 0 Å². The van der Waals surface area contributed by atoms with Crippen molar-refractivity contribution in [3.63, 3.8) is 0 Å². The highest BCUT2D eigenvalue weighted by molar-refractivity contribution is 7.85. The molecule has 0 fully saturated rings. The van der Waals surface area contributed by atoms with Crippen LogP contribution in [0.2, 0.25) is 0 Å². The Hall–Kier alpha value is -0.870. The quantitative estimate of drug-likeness (QED) is 0.827. The van der Waals surface area contributed by atoms with Crippen LogP contribution in [0.4, 0.5) is 0 Å². The third kappa shape index (κ3) is 4.78. The van der Waals surface area contributed by atoms with Gasteiger partial charge in [0.1, 0.15) is 5.75 Å². The fourth-order valence-corrected chi connectivity index (χ4v) is 3.26. The molecule has 18 heavy (non-hydrogen) atoms. The van der Waals surface area contributed by atoms with Crippen molar-refractivity contribution in [3.05, 3.63) is 29.8 Å². The van der Waals surface area contributed by atoms with E-state index in [0.29, 0.717) is 24.0 Å². The largest absolute Gasteiger partial charge is 0.494 e. The van der Waals surface area contributed by atoms with Gasteiger partial charge in [0.05, 0.1) is 6.61 Å². The number of nitrogens with two attached hydrogens (primary N) is 1. The lowest BCUT2D eigenvalue weighted by Crippen LogP contribution is -2.21. The Morgan fingerprint density at radius 2 is 1.94 bits per heavy atom. The summed E-state index contributed by atoms with van der Waals surface area (Å²) < 4.78 is 17.4. The number of benzene rings is 1. The zero-order valence-corrected chi connectivity index (χ0v) is 12.2. The van der Waals surface area contributed by atoms with Gasteiger partial charge >= 0.3 is 0 Å². The summed E-state index contributed by atoms with van der Waals surface area (Å²) in [6.07, 6.45) is 0. The van der Waals surface area contributed by atoms with Crippen LogP contribution in [-0.4, -0.2) is 22.3 Å². The van der Waals surface area contributed by atoms with Crippen LogP contribution in [0.1, 0.15) is 32.4 Å². The van der Waals surface area contributed by atoms with Gasteiger partial charge in [-0.2, -0.15) is 0 Å². The van der Waals surface area contributed by atoms with E-state index in [9.17, 15) is 4.21 Å². The first-order valence-corrected chi connectivity index (χ1v) is 7.85. The van der Waals surface area contributed by atoms with Crippen molar-refractivity contribution < 1.29 is 8.95 Å². The number of para-hydroxylation sites is 1. The van der Waals surface area contributed by atoms with Crippen molar-refractivity contribution in [3.8, 4) is 5.75 Å². The molecule has 0 aliphatic heterocycles. The molecule has 0 aliphatic rings. The van der Waals surface area contributed by atoms with Gasteiger partial charge in [-0.05, 0) is 18.9 Å². The average Bonchev–Trinajstić information content (AvgIpc) is 2.28. The third-order valence-electron chi connectivity index (χ3n) is 2.50. The maximum atomic E-state index is 11.9. The molecule has 1 rings (SSSR count). The Balaban J connectivity index is 2.71. The van der Waals surface area contributed by atoms with E-state index < -0.39 is 10.8 Å². The second-order valence-corrected chi connectivity index (χ2v) is 6.29. The van der Waals surface area contributed by atoms with Gasteiger partial charge in [0.25, 0.3) is 0 Å². The van der Waals surface area contributed by atoms with E-state index in [2.05, 4.69) is 13.8 Å². The monoisotopic (exact) mass is 269 g/mol. The molecule has 2 unspecified atom stereocenters. The fourth-order valence-electron chi connectivity index (χ4n) is 1.80. The van der Waals surface area contributed by atoms with E-state index >= 15 is 0 Å². The SMILES string of the molecule is CCOc1ccccc1C(N)CS(=O)CC(C)C. The summed E-state index contributed by atoms with van der Waals surface area (Å²) in [5, 5.41) is 0. The normalized spacial score (nSPS) is 14.5. The lowest BCUT2D eigenvalue weighted by Gasteiger charge is -2.16. The van der Waals surface area contributed by atoms with Crippen LogP contribution in [0.5, 0.6) is 5.75 Å². The number of hydrogen-bond acceptors (Lipinski definition) is 3. The van der Waals surface area contributed by atoms with Crippen LogP contribution in [0, 0.1) is 5.92 Å². The fraction of sp³-hybridized carbons (Fsp3) is 0.571. The molecule has 0 heterocycles. The summed E-state index contributed by atoms with van der Waals surface area (Å²) in [7, 11) is -0.873. The van der Waals surface area contributed by atoms with Gasteiger partial charge in [0.15, 0.2) is 0 Å². The van der Waals surface area contributed by atoms with Crippen LogP contribution in [0.25, 0.3) is 0 Å². The lowest BCUT2D eigenvalue weighted by atomic mass is 10.1. The summed E-state index contributed by atoms with van der Waals surface area (Å²) in [6, 6.07) is 7.48. The molecule has 4 heteroatoms. The van der Waals surface area contributed by atoms with E-state index in [0.717, 1.165) is 11.3 Å². The Bertz CT molecular complexity index is 393. The first-order valence-electron chi connectivity index (χ1n) is 6.36. The molecular formula is C14H23NO2S. The van der Waals surface area contributed by atoms with E-state index in [1.807, 2.05) is 31.2 Å². The summed E-state index contributed by atoms with van der Waals surface area (Å²) in [5.74, 6) is 2.42. The van der Waals surface area contributed by atoms with Gasteiger partial charge in [0, 0.05) is 33.9 Å². The highest BCUT2D eigenvalue weighted by Gasteiger charge is 2.15. The van der Waals surface area contributed by atoms with E-state index in [-0.39, 0.29) is 6.04 Å². The minimum absolute atomic E-state index is 0.229. The van der Waals surface area contributed by atoms with Gasteiger partial charge in [0.2, 0.25) is 0 Å². The molecule has 0 amide bonds. The Labute approximate surface area is 112 Å². The van der Waals surface area contributed by atoms with Crippen molar-refractivity contribution in [2.24, 2.45) is 11.7 Å². The van der Waals surface area contributed by atoms with Crippen molar-refractivity contribution in [2.45, 2.75) is 26.8 Å². The molecule has 2 atom stereocenters. The molecule has 0 aliphatic carbocycles. The van der Waals surface area contributed by atoms with Gasteiger partial charge < -0.3 is 10.5 Å². The second kappa shape index (κ2) is 7.54. The molecule has 2 N–H and O–H groups in total. The molecular weight excluding hydrogens is 246 g/mol. The van der Waals surface area contributed by atoms with Gasteiger partial charge in [-0.25, -0.2) is 0 Å². The first-order chi connectivity index (χ1) is 8.54. The first kappa shape index (κ1) is 15.2. The predicted molar refractivity (Wildman–Crippen MR) is 77.3 cm³/mol. The molecule has 0 spiro atoms. The molecule has 1 aromatic rings. The third-order valence-corrected chi connectivity index (χ3v) is 4.27. The molecule has 0 radical (unpaired) electrons. The van der Waals surface area contributed by atoms with Crippen molar-refractivity contribution in [2.75, 3.05) is 18.1 Å². The molecule has 0 saturated carbocycles. The minimum atomic E-state index is -0.873. The van der Waals surface area contributed by atoms with Crippen LogP contribution < -0.4 is 10.5 Å². The van der Waals surface area contributed by atoms with Gasteiger partial charge in [-0.15, -0.1) is 0 Å². The molecule has 0 saturated heterocycles. The highest BCUT2D eigenvalue weighted by Crippen LogP contribution is 2.24. The van der Waals surface area contributed by atoms with E-state index in [1.54, 1.807) is 0 Å². The molecule has 0 aromatic heterocycles. The van der Waals surface area contributed by atoms with Gasteiger partial charge in [-0.3, -0.25) is 4.21 Å². The number of ether oxygens (including phenoxy) is 1. The average molecular weight is 269 g/mol. The Morgan fingerprint density at radius 3 is 2.56 bits per heavy atom. The predicted octanol–water partition coefficient (Wildman–Crippen LogP) is 2.49. The van der Waals surface area contributed by atoms with Crippen molar-refractivity contribution >= 4 is 10.8 Å². The standard InChI is InChI=1S/C14H23NO2S/c1-4-17-14-8-6-5-7-12(14)13(15)10-18(16)9-11(2)3/h5-8,11,13H,4,9-10,15H2,1-3H3. The molecule has 0 bridgehead atoms. The number of rotatable bonds is 7. The van der Waals surface area contributed by atoms with Crippen LogP contribution in [0.15, 0.2) is 24.3 Å². The van der Waals surface area contributed by atoms with Crippen LogP contribution >= 0.6 is 0 Å². The summed E-state index contributed by atoms with van der Waals surface area (Å²) >= 11 is 0. The highest BCUT2D eigenvalue weighted by atomic mass is 32.2. The zero-order valence-electron chi connectivity index (χ0n) is 11.4. The maximum absolute atomic E-state index is 11.9. The Kier molecular flexibility index (Phi) is 6.36. The summed E-state index contributed by atoms with van der Waals surface area (Å²) in [6.45, 7) is 6.69. The summed E-state index contributed by atoms with van der Waals surface area (Å²) in [4.78, 5) is 0. The molecule has 3 nitrogen and oxygen atoms in total. The zero-order chi connectivity index (χ0) is 13.5. The van der Waals surface area contributed by atoms with Crippen LogP contribution in [-0.2, 0) is 10.8 Å².